The lowest BCUT2D eigenvalue weighted by Crippen LogP contribution is -2.47. The van der Waals surface area contributed by atoms with E-state index >= 15 is 0 Å². The maximum absolute atomic E-state index is 12.6. The van der Waals surface area contributed by atoms with Crippen LogP contribution in [-0.4, -0.2) is 50.9 Å². The lowest BCUT2D eigenvalue weighted by molar-refractivity contribution is -0.140. The third-order valence-corrected chi connectivity index (χ3v) is 6.52. The standard InChI is InChI=1S/C10H13N3O6S2/c1-2-7-13(5(4-20-7)9(15)16)21(18,19)6-3-11-10(17)12-8(6)14/h3,5,7H,2,4H2,1H3,(H,15,16)(H2,11,12,14,17). The molecular formula is C10H13N3O6S2. The molecule has 0 aromatic carbocycles. The normalized spacial score (nSPS) is 23.3. The first-order valence-electron chi connectivity index (χ1n) is 5.99. The number of nitrogens with zero attached hydrogens (tertiary/aromatic N) is 1. The van der Waals surface area contributed by atoms with Gasteiger partial charge in [0.1, 0.15) is 6.04 Å². The number of sulfonamides is 1. The molecule has 1 aromatic heterocycles. The summed E-state index contributed by atoms with van der Waals surface area (Å²) in [5.41, 5.74) is -1.91. The molecule has 0 radical (unpaired) electrons. The number of nitrogens with one attached hydrogen (secondary N) is 2. The van der Waals surface area contributed by atoms with Gasteiger partial charge in [0.05, 0.1) is 5.37 Å². The molecule has 2 rings (SSSR count). The maximum atomic E-state index is 12.6. The molecule has 116 valence electrons. The topological polar surface area (TPSA) is 140 Å². The van der Waals surface area contributed by atoms with Crippen LogP contribution in [0, 0.1) is 0 Å². The Morgan fingerprint density at radius 2 is 2.19 bits per heavy atom. The van der Waals surface area contributed by atoms with E-state index in [4.69, 9.17) is 5.11 Å². The van der Waals surface area contributed by atoms with Crippen molar-refractivity contribution < 1.29 is 18.3 Å². The van der Waals surface area contributed by atoms with E-state index in [1.807, 2.05) is 4.98 Å². The molecule has 1 aromatic rings. The Morgan fingerprint density at radius 1 is 1.52 bits per heavy atom. The smallest absolute Gasteiger partial charge is 0.325 e. The zero-order valence-corrected chi connectivity index (χ0v) is 12.5. The summed E-state index contributed by atoms with van der Waals surface area (Å²) >= 11 is 1.20. The van der Waals surface area contributed by atoms with Crippen molar-refractivity contribution in [2.75, 3.05) is 5.75 Å². The Balaban J connectivity index is 2.57. The molecule has 0 spiro atoms. The summed E-state index contributed by atoms with van der Waals surface area (Å²) in [5, 5.41) is 8.59. The number of hydrogen-bond acceptors (Lipinski definition) is 6. The van der Waals surface area contributed by atoms with Gasteiger partial charge >= 0.3 is 11.7 Å². The van der Waals surface area contributed by atoms with Crippen molar-refractivity contribution in [2.45, 2.75) is 29.7 Å². The quantitative estimate of drug-likeness (QED) is 0.640. The van der Waals surface area contributed by atoms with Crippen LogP contribution in [0.25, 0.3) is 0 Å². The fourth-order valence-corrected chi connectivity index (χ4v) is 5.59. The van der Waals surface area contributed by atoms with Gasteiger partial charge < -0.3 is 10.1 Å². The summed E-state index contributed by atoms with van der Waals surface area (Å²) in [6.07, 6.45) is 1.18. The highest BCUT2D eigenvalue weighted by molar-refractivity contribution is 8.01. The average molecular weight is 335 g/mol. The number of aromatic nitrogens is 2. The van der Waals surface area contributed by atoms with Crippen LogP contribution in [0.3, 0.4) is 0 Å². The Morgan fingerprint density at radius 3 is 2.71 bits per heavy atom. The molecule has 0 aliphatic carbocycles. The monoisotopic (exact) mass is 335 g/mol. The average Bonchev–Trinajstić information content (AvgIpc) is 2.82. The Bertz CT molecular complexity index is 767. The second kappa shape index (κ2) is 5.66. The molecule has 0 bridgehead atoms. The van der Waals surface area contributed by atoms with Crippen molar-refractivity contribution in [1.82, 2.24) is 14.3 Å². The van der Waals surface area contributed by atoms with Gasteiger partial charge in [-0.25, -0.2) is 13.2 Å². The largest absolute Gasteiger partial charge is 0.480 e. The highest BCUT2D eigenvalue weighted by atomic mass is 32.2. The summed E-state index contributed by atoms with van der Waals surface area (Å²) in [6.45, 7) is 1.72. The molecule has 2 heterocycles. The van der Waals surface area contributed by atoms with E-state index in [9.17, 15) is 22.8 Å². The van der Waals surface area contributed by atoms with Gasteiger partial charge in [-0.3, -0.25) is 14.6 Å². The first-order chi connectivity index (χ1) is 9.78. The second-order valence-electron chi connectivity index (χ2n) is 4.32. The summed E-state index contributed by atoms with van der Waals surface area (Å²) in [4.78, 5) is 37.1. The zero-order valence-electron chi connectivity index (χ0n) is 10.9. The fraction of sp³-hybridized carbons (Fsp3) is 0.500. The number of rotatable bonds is 4. The van der Waals surface area contributed by atoms with E-state index in [0.29, 0.717) is 6.42 Å². The van der Waals surface area contributed by atoms with Gasteiger partial charge in [0.2, 0.25) is 0 Å². The van der Waals surface area contributed by atoms with E-state index in [-0.39, 0.29) is 5.75 Å². The van der Waals surface area contributed by atoms with Gasteiger partial charge in [-0.2, -0.15) is 4.31 Å². The molecule has 2 atom stereocenters. The number of thioether (sulfide) groups is 1. The predicted molar refractivity (Wildman–Crippen MR) is 74.7 cm³/mol. The molecular weight excluding hydrogens is 322 g/mol. The van der Waals surface area contributed by atoms with Gasteiger partial charge in [0.25, 0.3) is 15.6 Å². The summed E-state index contributed by atoms with van der Waals surface area (Å²) in [6, 6.07) is -1.24. The number of aliphatic carboxylic acids is 1. The number of carboxylic acid groups (broad SMARTS) is 1. The molecule has 1 aliphatic heterocycles. The lowest BCUT2D eigenvalue weighted by atomic mass is 10.3. The number of H-pyrrole nitrogens is 2. The van der Waals surface area contributed by atoms with Crippen molar-refractivity contribution in [3.63, 3.8) is 0 Å². The molecule has 3 N–H and O–H groups in total. The Kier molecular flexibility index (Phi) is 4.25. The van der Waals surface area contributed by atoms with Crippen molar-refractivity contribution in [3.05, 3.63) is 27.0 Å². The lowest BCUT2D eigenvalue weighted by Gasteiger charge is -2.25. The second-order valence-corrected chi connectivity index (χ2v) is 7.34. The molecule has 21 heavy (non-hydrogen) atoms. The first kappa shape index (κ1) is 15.8. The van der Waals surface area contributed by atoms with Crippen LogP contribution in [0.1, 0.15) is 13.3 Å². The first-order valence-corrected chi connectivity index (χ1v) is 8.48. The third kappa shape index (κ3) is 2.76. The summed E-state index contributed by atoms with van der Waals surface area (Å²) in [5.74, 6) is -1.17. The SMILES string of the molecule is CCC1SCC(C(=O)O)N1S(=O)(=O)c1c[nH]c(=O)[nH]c1=O. The van der Waals surface area contributed by atoms with E-state index in [2.05, 4.69) is 4.98 Å². The maximum Gasteiger partial charge on any atom is 0.325 e. The minimum atomic E-state index is -4.32. The molecule has 1 fully saturated rings. The van der Waals surface area contributed by atoms with Gasteiger partial charge in [-0.15, -0.1) is 11.8 Å². The number of aromatic amines is 2. The van der Waals surface area contributed by atoms with Crippen LogP contribution in [0.5, 0.6) is 0 Å². The van der Waals surface area contributed by atoms with Crippen molar-refractivity contribution >= 4 is 27.8 Å². The van der Waals surface area contributed by atoms with Crippen molar-refractivity contribution in [1.29, 1.82) is 0 Å². The highest BCUT2D eigenvalue weighted by Gasteiger charge is 2.46. The Labute approximate surface area is 123 Å². The molecule has 11 heteroatoms. The Hall–Kier alpha value is -1.59. The fourth-order valence-electron chi connectivity index (χ4n) is 2.05. The van der Waals surface area contributed by atoms with Crippen LogP contribution in [-0.2, 0) is 14.8 Å². The minimum Gasteiger partial charge on any atom is -0.480 e. The zero-order chi connectivity index (χ0) is 15.8. The van der Waals surface area contributed by atoms with Crippen molar-refractivity contribution in [3.8, 4) is 0 Å². The van der Waals surface area contributed by atoms with E-state index < -0.39 is 43.6 Å². The molecule has 0 amide bonds. The molecule has 1 saturated heterocycles. The number of hydrogen-bond donors (Lipinski definition) is 3. The third-order valence-electron chi connectivity index (χ3n) is 3.01. The van der Waals surface area contributed by atoms with E-state index in [1.165, 1.54) is 11.8 Å². The molecule has 1 aliphatic rings. The van der Waals surface area contributed by atoms with Crippen molar-refractivity contribution in [2.24, 2.45) is 0 Å². The van der Waals surface area contributed by atoms with Crippen LogP contribution in [0.4, 0.5) is 0 Å². The minimum absolute atomic E-state index is 0.105. The molecule has 0 saturated carbocycles. The summed E-state index contributed by atoms with van der Waals surface area (Å²) < 4.78 is 25.9. The van der Waals surface area contributed by atoms with Gasteiger partial charge in [0.15, 0.2) is 4.90 Å². The predicted octanol–water partition coefficient (Wildman–Crippen LogP) is -1.01. The highest BCUT2D eigenvalue weighted by Crippen LogP contribution is 2.35. The summed E-state index contributed by atoms with van der Waals surface area (Å²) in [7, 11) is -4.32. The van der Waals surface area contributed by atoms with E-state index in [1.54, 1.807) is 6.92 Å². The van der Waals surface area contributed by atoms with Crippen LogP contribution < -0.4 is 11.2 Å². The van der Waals surface area contributed by atoms with Gasteiger partial charge in [-0.1, -0.05) is 6.92 Å². The molecule has 2 unspecified atom stereocenters. The van der Waals surface area contributed by atoms with Crippen LogP contribution >= 0.6 is 11.8 Å². The van der Waals surface area contributed by atoms with Crippen LogP contribution in [0.2, 0.25) is 0 Å². The van der Waals surface area contributed by atoms with E-state index in [0.717, 1.165) is 10.5 Å². The number of carbonyl (C=O) groups is 1. The van der Waals surface area contributed by atoms with Gasteiger partial charge in [-0.05, 0) is 6.42 Å². The molecule has 9 nitrogen and oxygen atoms in total. The van der Waals surface area contributed by atoms with Gasteiger partial charge in [0, 0.05) is 11.9 Å². The number of carboxylic acids is 1. The van der Waals surface area contributed by atoms with Crippen LogP contribution in [0.15, 0.2) is 20.7 Å².